The molecular weight excluding hydrogens is 447 g/mol. The second-order valence-electron chi connectivity index (χ2n) is 5.86. The lowest BCUT2D eigenvalue weighted by Crippen LogP contribution is -2.19. The van der Waals surface area contributed by atoms with E-state index >= 15 is 0 Å². The summed E-state index contributed by atoms with van der Waals surface area (Å²) in [5, 5.41) is 0. The highest BCUT2D eigenvalue weighted by Gasteiger charge is 2.12. The molecule has 6 heteroatoms. The summed E-state index contributed by atoms with van der Waals surface area (Å²) in [6, 6.07) is 11.8. The Bertz CT molecular complexity index is 1000. The monoisotopic (exact) mass is 466 g/mol. The number of hydrogen-bond donors (Lipinski definition) is 0. The summed E-state index contributed by atoms with van der Waals surface area (Å²) in [6.07, 6.45) is 0. The average molecular weight is 466 g/mol. The smallest absolute Gasteiger partial charge is 0.280 e. The van der Waals surface area contributed by atoms with Crippen LogP contribution < -0.4 is 4.80 Å². The van der Waals surface area contributed by atoms with Crippen molar-refractivity contribution >= 4 is 50.1 Å². The molecule has 2 aromatic carbocycles. The summed E-state index contributed by atoms with van der Waals surface area (Å²) < 4.78 is 9.40. The summed E-state index contributed by atoms with van der Waals surface area (Å²) >= 11 is 3.73. The predicted molar refractivity (Wildman–Crippen MR) is 110 cm³/mol. The fourth-order valence-corrected chi connectivity index (χ4v) is 4.50. The van der Waals surface area contributed by atoms with Gasteiger partial charge in [0.1, 0.15) is 0 Å². The first kappa shape index (κ1) is 18.3. The molecule has 3 aromatic rings. The molecule has 3 rings (SSSR count). The summed E-state index contributed by atoms with van der Waals surface area (Å²) in [6.45, 7) is 5.41. The number of aromatic nitrogens is 1. The van der Waals surface area contributed by atoms with Crippen LogP contribution in [0.4, 0.5) is 0 Å². The van der Waals surface area contributed by atoms with Crippen molar-refractivity contribution in [2.75, 3.05) is 13.7 Å². The molecule has 0 aliphatic heterocycles. The van der Waals surface area contributed by atoms with Crippen molar-refractivity contribution in [3.63, 3.8) is 0 Å². The molecule has 0 atom stereocenters. The Morgan fingerprint density at radius 3 is 2.76 bits per heavy atom. The van der Waals surface area contributed by atoms with Crippen molar-refractivity contribution in [1.82, 2.24) is 4.57 Å². The number of fused-ring (bicyclic) bond motifs is 1. The number of hydrogen-bond acceptors (Lipinski definition) is 3. The van der Waals surface area contributed by atoms with Crippen molar-refractivity contribution in [1.29, 1.82) is 0 Å². The zero-order chi connectivity index (χ0) is 18.0. The van der Waals surface area contributed by atoms with Gasteiger partial charge in [0.05, 0.1) is 22.4 Å². The zero-order valence-electron chi connectivity index (χ0n) is 14.4. The van der Waals surface area contributed by atoms with E-state index in [1.165, 1.54) is 11.1 Å². The third-order valence-corrected chi connectivity index (χ3v) is 6.11. The molecular formula is C19H19IN2O2S. The predicted octanol–water partition coefficient (Wildman–Crippen LogP) is 4.31. The van der Waals surface area contributed by atoms with Gasteiger partial charge in [0.15, 0.2) is 4.80 Å². The van der Waals surface area contributed by atoms with Crippen molar-refractivity contribution in [2.45, 2.75) is 20.4 Å². The third kappa shape index (κ3) is 3.86. The van der Waals surface area contributed by atoms with Gasteiger partial charge in [-0.15, -0.1) is 0 Å². The summed E-state index contributed by atoms with van der Waals surface area (Å²) in [5.74, 6) is -0.211. The molecule has 0 N–H and O–H groups in total. The van der Waals surface area contributed by atoms with Crippen molar-refractivity contribution < 1.29 is 9.53 Å². The lowest BCUT2D eigenvalue weighted by Gasteiger charge is -2.06. The van der Waals surface area contributed by atoms with E-state index in [1.54, 1.807) is 18.4 Å². The van der Waals surface area contributed by atoms with E-state index in [-0.39, 0.29) is 5.91 Å². The topological polar surface area (TPSA) is 43.6 Å². The van der Waals surface area contributed by atoms with E-state index in [0.717, 1.165) is 13.8 Å². The molecule has 0 aliphatic rings. The maximum Gasteiger partial charge on any atom is 0.280 e. The van der Waals surface area contributed by atoms with Crippen molar-refractivity contribution in [3.8, 4) is 0 Å². The Kier molecular flexibility index (Phi) is 5.71. The van der Waals surface area contributed by atoms with E-state index in [9.17, 15) is 4.79 Å². The highest BCUT2D eigenvalue weighted by Crippen LogP contribution is 2.23. The molecule has 0 fully saturated rings. The van der Waals surface area contributed by atoms with Crippen LogP contribution in [-0.4, -0.2) is 24.2 Å². The van der Waals surface area contributed by atoms with Gasteiger partial charge in [-0.25, -0.2) is 0 Å². The Hall–Kier alpha value is -1.51. The number of ether oxygens (including phenoxy) is 1. The van der Waals surface area contributed by atoms with Crippen LogP contribution in [0.1, 0.15) is 21.5 Å². The number of nitrogens with zero attached hydrogens (tertiary/aromatic N) is 2. The van der Waals surface area contributed by atoms with E-state index in [0.29, 0.717) is 23.5 Å². The van der Waals surface area contributed by atoms with Crippen LogP contribution in [0, 0.1) is 17.4 Å². The number of benzene rings is 2. The van der Waals surface area contributed by atoms with E-state index in [1.807, 2.05) is 24.3 Å². The first-order chi connectivity index (χ1) is 12.0. The van der Waals surface area contributed by atoms with Gasteiger partial charge in [0, 0.05) is 17.2 Å². The second kappa shape index (κ2) is 7.80. The number of methoxy groups -OCH3 is 1. The van der Waals surface area contributed by atoms with Gasteiger partial charge in [0.2, 0.25) is 0 Å². The van der Waals surface area contributed by atoms with Crippen LogP contribution in [0.5, 0.6) is 0 Å². The molecule has 25 heavy (non-hydrogen) atoms. The number of carbonyl (C=O) groups excluding carboxylic acids is 1. The minimum Gasteiger partial charge on any atom is -0.383 e. The van der Waals surface area contributed by atoms with Gasteiger partial charge in [0.25, 0.3) is 5.91 Å². The Morgan fingerprint density at radius 1 is 1.28 bits per heavy atom. The van der Waals surface area contributed by atoms with Gasteiger partial charge in [-0.2, -0.15) is 4.99 Å². The molecule has 0 unspecified atom stereocenters. The standard InChI is InChI=1S/C19H19IN2O2S/c1-12-10-13(2)17-16(11-12)22(8-9-24-3)19(25-17)21-18(23)14-6-4-5-7-15(14)20/h4-7,10-11H,8-9H2,1-3H3. The molecule has 0 radical (unpaired) electrons. The lowest BCUT2D eigenvalue weighted by atomic mass is 10.1. The van der Waals surface area contributed by atoms with E-state index < -0.39 is 0 Å². The normalized spacial score (nSPS) is 12.1. The molecule has 4 nitrogen and oxygen atoms in total. The number of aryl methyl sites for hydroxylation is 2. The zero-order valence-corrected chi connectivity index (χ0v) is 17.3. The number of thiazole rings is 1. The molecule has 1 aromatic heterocycles. The molecule has 0 bridgehead atoms. The van der Waals surface area contributed by atoms with Gasteiger partial charge >= 0.3 is 0 Å². The van der Waals surface area contributed by atoms with Gasteiger partial charge < -0.3 is 9.30 Å². The molecule has 0 spiro atoms. The largest absolute Gasteiger partial charge is 0.383 e. The van der Waals surface area contributed by atoms with Crippen molar-refractivity contribution in [3.05, 3.63) is 61.5 Å². The van der Waals surface area contributed by atoms with Crippen molar-refractivity contribution in [2.24, 2.45) is 4.99 Å². The summed E-state index contributed by atoms with van der Waals surface area (Å²) in [4.78, 5) is 17.8. The lowest BCUT2D eigenvalue weighted by molar-refractivity contribution is 0.0996. The number of carbonyl (C=O) groups is 1. The van der Waals surface area contributed by atoms with E-state index in [2.05, 4.69) is 58.1 Å². The number of amides is 1. The molecule has 0 saturated heterocycles. The minimum absolute atomic E-state index is 0.211. The van der Waals surface area contributed by atoms with Gasteiger partial charge in [-0.3, -0.25) is 4.79 Å². The molecule has 130 valence electrons. The SMILES string of the molecule is COCCn1c(=NC(=O)c2ccccc2I)sc2c(C)cc(C)cc21. The fourth-order valence-electron chi connectivity index (χ4n) is 2.78. The first-order valence-electron chi connectivity index (χ1n) is 7.94. The van der Waals surface area contributed by atoms with Gasteiger partial charge in [-0.05, 0) is 65.8 Å². The quantitative estimate of drug-likeness (QED) is 0.538. The maximum absolute atomic E-state index is 12.7. The first-order valence-corrected chi connectivity index (χ1v) is 9.84. The third-order valence-electron chi connectivity index (χ3n) is 3.93. The van der Waals surface area contributed by atoms with Crippen LogP contribution in [0.15, 0.2) is 41.4 Å². The Balaban J connectivity index is 2.19. The summed E-state index contributed by atoms with van der Waals surface area (Å²) in [5.41, 5.74) is 4.14. The Morgan fingerprint density at radius 2 is 2.04 bits per heavy atom. The average Bonchev–Trinajstić information content (AvgIpc) is 2.91. The summed E-state index contributed by atoms with van der Waals surface area (Å²) in [7, 11) is 1.68. The van der Waals surface area contributed by atoms with Crippen LogP contribution >= 0.6 is 33.9 Å². The Labute approximate surface area is 164 Å². The van der Waals surface area contributed by atoms with E-state index in [4.69, 9.17) is 4.74 Å². The van der Waals surface area contributed by atoms with Crippen LogP contribution in [0.2, 0.25) is 0 Å². The maximum atomic E-state index is 12.7. The number of rotatable bonds is 4. The molecule has 1 amide bonds. The molecule has 1 heterocycles. The highest BCUT2D eigenvalue weighted by atomic mass is 127. The second-order valence-corrected chi connectivity index (χ2v) is 8.00. The minimum atomic E-state index is -0.211. The molecule has 0 saturated carbocycles. The fraction of sp³-hybridized carbons (Fsp3) is 0.263. The number of halogens is 1. The van der Waals surface area contributed by atoms with Gasteiger partial charge in [-0.1, -0.05) is 29.5 Å². The van der Waals surface area contributed by atoms with Crippen LogP contribution in [0.25, 0.3) is 10.2 Å². The molecule has 0 aliphatic carbocycles. The highest BCUT2D eigenvalue weighted by molar-refractivity contribution is 14.1. The van der Waals surface area contributed by atoms with Crippen LogP contribution in [0.3, 0.4) is 0 Å². The van der Waals surface area contributed by atoms with Crippen LogP contribution in [-0.2, 0) is 11.3 Å².